The number of hydrogen-bond donors (Lipinski definition) is 0. The van der Waals surface area contributed by atoms with Gasteiger partial charge in [-0.3, -0.25) is 4.79 Å². The van der Waals surface area contributed by atoms with Crippen LogP contribution in [0.5, 0.6) is 0 Å². The fraction of sp³-hybridized carbons (Fsp3) is 0.909. The molecule has 2 unspecified atom stereocenters. The van der Waals surface area contributed by atoms with Gasteiger partial charge in [0, 0.05) is 5.92 Å². The van der Waals surface area contributed by atoms with Gasteiger partial charge in [0.1, 0.15) is 0 Å². The zero-order chi connectivity index (χ0) is 10.0. The van der Waals surface area contributed by atoms with Crippen LogP contribution < -0.4 is 0 Å². The average Bonchev–Trinajstić information content (AvgIpc) is 2.03. The lowest BCUT2D eigenvalue weighted by Crippen LogP contribution is -2.31. The smallest absolute Gasteiger partial charge is 0.225 e. The summed E-state index contributed by atoms with van der Waals surface area (Å²) >= 11 is 5.62. The minimum atomic E-state index is -0.120. The molecule has 0 aromatic carbocycles. The van der Waals surface area contributed by atoms with Gasteiger partial charge in [-0.05, 0) is 42.2 Å². The van der Waals surface area contributed by atoms with E-state index in [9.17, 15) is 4.79 Å². The van der Waals surface area contributed by atoms with Crippen molar-refractivity contribution in [3.05, 3.63) is 0 Å². The maximum Gasteiger partial charge on any atom is 0.225 e. The molecule has 0 spiro atoms. The van der Waals surface area contributed by atoms with E-state index in [0.717, 1.165) is 6.42 Å². The summed E-state index contributed by atoms with van der Waals surface area (Å²) in [5, 5.41) is -0.120. The summed E-state index contributed by atoms with van der Waals surface area (Å²) in [6.07, 6.45) is 3.41. The second kappa shape index (κ2) is 4.45. The number of rotatable bonds is 2. The quantitative estimate of drug-likeness (QED) is 0.627. The molecule has 0 N–H and O–H groups in total. The van der Waals surface area contributed by atoms with Gasteiger partial charge in [0.2, 0.25) is 5.24 Å². The van der Waals surface area contributed by atoms with Crippen LogP contribution in [-0.4, -0.2) is 5.24 Å². The van der Waals surface area contributed by atoms with E-state index >= 15 is 0 Å². The molecule has 2 heteroatoms. The molecule has 0 radical (unpaired) electrons. The second-order valence-corrected chi connectivity index (χ2v) is 5.11. The zero-order valence-electron chi connectivity index (χ0n) is 8.72. The molecule has 1 rings (SSSR count). The molecule has 1 aliphatic carbocycles. The van der Waals surface area contributed by atoms with Crippen molar-refractivity contribution in [3.63, 3.8) is 0 Å². The van der Waals surface area contributed by atoms with Gasteiger partial charge >= 0.3 is 0 Å². The average molecular weight is 203 g/mol. The van der Waals surface area contributed by atoms with Crippen LogP contribution in [-0.2, 0) is 4.79 Å². The maximum absolute atomic E-state index is 11.2. The normalized spacial score (nSPS) is 35.0. The van der Waals surface area contributed by atoms with Crippen molar-refractivity contribution in [2.24, 2.45) is 23.7 Å². The highest BCUT2D eigenvalue weighted by molar-refractivity contribution is 6.64. The predicted octanol–water partition coefficient (Wildman–Crippen LogP) is 3.46. The molecular formula is C11H19ClO. The van der Waals surface area contributed by atoms with Crippen molar-refractivity contribution < 1.29 is 4.79 Å². The fourth-order valence-electron chi connectivity index (χ4n) is 2.46. The van der Waals surface area contributed by atoms with E-state index in [0.29, 0.717) is 17.8 Å². The van der Waals surface area contributed by atoms with E-state index in [1.807, 2.05) is 0 Å². The third-order valence-electron chi connectivity index (χ3n) is 3.31. The number of halogens is 1. The van der Waals surface area contributed by atoms with Crippen LogP contribution in [0.1, 0.15) is 40.0 Å². The second-order valence-electron chi connectivity index (χ2n) is 4.74. The van der Waals surface area contributed by atoms with Crippen LogP contribution in [0, 0.1) is 23.7 Å². The Bertz CT molecular complexity index is 189. The first kappa shape index (κ1) is 11.0. The topological polar surface area (TPSA) is 17.1 Å². The summed E-state index contributed by atoms with van der Waals surface area (Å²) in [5.41, 5.74) is 0. The molecule has 1 aliphatic rings. The molecule has 0 heterocycles. The van der Waals surface area contributed by atoms with Crippen LogP contribution in [0.2, 0.25) is 0 Å². The number of hydrogen-bond acceptors (Lipinski definition) is 1. The van der Waals surface area contributed by atoms with Crippen molar-refractivity contribution in [3.8, 4) is 0 Å². The minimum Gasteiger partial charge on any atom is -0.281 e. The molecule has 1 saturated carbocycles. The van der Waals surface area contributed by atoms with Gasteiger partial charge in [-0.1, -0.05) is 27.2 Å². The lowest BCUT2D eigenvalue weighted by Gasteiger charge is -2.35. The largest absolute Gasteiger partial charge is 0.281 e. The predicted molar refractivity (Wildman–Crippen MR) is 55.7 cm³/mol. The van der Waals surface area contributed by atoms with Gasteiger partial charge < -0.3 is 0 Å². The van der Waals surface area contributed by atoms with Gasteiger partial charge in [-0.25, -0.2) is 0 Å². The van der Waals surface area contributed by atoms with Crippen LogP contribution in [0.3, 0.4) is 0 Å². The summed E-state index contributed by atoms with van der Waals surface area (Å²) in [4.78, 5) is 11.2. The molecule has 0 saturated heterocycles. The maximum atomic E-state index is 11.2. The van der Waals surface area contributed by atoms with E-state index in [1.54, 1.807) is 0 Å². The molecule has 0 aromatic rings. The number of carbonyl (C=O) groups is 1. The third kappa shape index (κ3) is 2.70. The van der Waals surface area contributed by atoms with E-state index in [1.165, 1.54) is 12.8 Å². The highest BCUT2D eigenvalue weighted by atomic mass is 35.5. The Balaban J connectivity index is 2.66. The molecule has 0 aromatic heterocycles. The summed E-state index contributed by atoms with van der Waals surface area (Å²) in [6, 6.07) is 0. The van der Waals surface area contributed by atoms with E-state index in [4.69, 9.17) is 11.6 Å². The van der Waals surface area contributed by atoms with Crippen molar-refractivity contribution >= 4 is 16.8 Å². The summed E-state index contributed by atoms with van der Waals surface area (Å²) < 4.78 is 0. The Morgan fingerprint density at radius 3 is 2.46 bits per heavy atom. The standard InChI is InChI=1S/C11H19ClO/c1-7(2)9-5-4-8(3)6-10(9)11(12)13/h7-10H,4-6H2,1-3H3/t8?,9-,10?/m0/s1. The van der Waals surface area contributed by atoms with Crippen molar-refractivity contribution in [2.75, 3.05) is 0 Å². The Labute approximate surface area is 85.8 Å². The van der Waals surface area contributed by atoms with Crippen LogP contribution >= 0.6 is 11.6 Å². The van der Waals surface area contributed by atoms with Crippen molar-refractivity contribution in [2.45, 2.75) is 40.0 Å². The molecular weight excluding hydrogens is 184 g/mol. The van der Waals surface area contributed by atoms with E-state index in [2.05, 4.69) is 20.8 Å². The van der Waals surface area contributed by atoms with Gasteiger partial charge in [-0.15, -0.1) is 0 Å². The Kier molecular flexibility index (Phi) is 3.78. The first-order chi connectivity index (χ1) is 6.02. The Hall–Kier alpha value is -0.0400. The van der Waals surface area contributed by atoms with Crippen LogP contribution in [0.25, 0.3) is 0 Å². The molecule has 13 heavy (non-hydrogen) atoms. The van der Waals surface area contributed by atoms with Gasteiger partial charge in [0.15, 0.2) is 0 Å². The third-order valence-corrected chi connectivity index (χ3v) is 3.59. The summed E-state index contributed by atoms with van der Waals surface area (Å²) in [7, 11) is 0. The highest BCUT2D eigenvalue weighted by Gasteiger charge is 2.34. The lowest BCUT2D eigenvalue weighted by atomic mass is 9.71. The van der Waals surface area contributed by atoms with Gasteiger partial charge in [-0.2, -0.15) is 0 Å². The van der Waals surface area contributed by atoms with Crippen LogP contribution in [0.4, 0.5) is 0 Å². The fourth-order valence-corrected chi connectivity index (χ4v) is 2.71. The first-order valence-corrected chi connectivity index (χ1v) is 5.59. The molecule has 0 bridgehead atoms. The molecule has 3 atom stereocenters. The van der Waals surface area contributed by atoms with E-state index < -0.39 is 0 Å². The molecule has 1 fully saturated rings. The van der Waals surface area contributed by atoms with Crippen LogP contribution in [0.15, 0.2) is 0 Å². The first-order valence-electron chi connectivity index (χ1n) is 5.21. The van der Waals surface area contributed by atoms with E-state index in [-0.39, 0.29) is 11.2 Å². The minimum absolute atomic E-state index is 0.116. The molecule has 0 aliphatic heterocycles. The summed E-state index contributed by atoms with van der Waals surface area (Å²) in [5.74, 6) is 1.88. The highest BCUT2D eigenvalue weighted by Crippen LogP contribution is 2.38. The Morgan fingerprint density at radius 2 is 2.00 bits per heavy atom. The summed E-state index contributed by atoms with van der Waals surface area (Å²) in [6.45, 7) is 6.59. The monoisotopic (exact) mass is 202 g/mol. The van der Waals surface area contributed by atoms with Crippen molar-refractivity contribution in [1.82, 2.24) is 0 Å². The molecule has 76 valence electrons. The van der Waals surface area contributed by atoms with Gasteiger partial charge in [0.25, 0.3) is 0 Å². The molecule has 1 nitrogen and oxygen atoms in total. The number of carbonyl (C=O) groups excluding carboxylic acids is 1. The molecule has 0 amide bonds. The van der Waals surface area contributed by atoms with Gasteiger partial charge in [0.05, 0.1) is 0 Å². The Morgan fingerprint density at radius 1 is 1.38 bits per heavy atom. The van der Waals surface area contributed by atoms with Crippen molar-refractivity contribution in [1.29, 1.82) is 0 Å². The SMILES string of the molecule is CC1CC[C@@H](C(C)C)C(C(=O)Cl)C1. The lowest BCUT2D eigenvalue weighted by molar-refractivity contribution is -0.119. The zero-order valence-corrected chi connectivity index (χ0v) is 9.47.